The Morgan fingerprint density at radius 1 is 1.36 bits per heavy atom. The lowest BCUT2D eigenvalue weighted by Gasteiger charge is -2.20. The molecule has 4 heteroatoms. The van der Waals surface area contributed by atoms with E-state index in [4.69, 9.17) is 9.84 Å². The lowest BCUT2D eigenvalue weighted by molar-refractivity contribution is -0.138. The zero-order valence-corrected chi connectivity index (χ0v) is 7.19. The van der Waals surface area contributed by atoms with Crippen LogP contribution in [0.3, 0.4) is 0 Å². The van der Waals surface area contributed by atoms with E-state index in [0.29, 0.717) is 11.3 Å². The van der Waals surface area contributed by atoms with Gasteiger partial charge in [-0.15, -0.1) is 0 Å². The average molecular weight is 191 g/mol. The Morgan fingerprint density at radius 2 is 2.07 bits per heavy atom. The highest BCUT2D eigenvalue weighted by atomic mass is 16.5. The number of benzene rings is 1. The lowest BCUT2D eigenvalue weighted by atomic mass is 10.0. The van der Waals surface area contributed by atoms with Gasteiger partial charge in [-0.25, -0.2) is 4.79 Å². The molecule has 0 saturated heterocycles. The molecule has 1 aromatic rings. The molecule has 0 unspecified atom stereocenters. The second-order valence-electron chi connectivity index (χ2n) is 2.93. The minimum absolute atomic E-state index is 0.174. The third-order valence-electron chi connectivity index (χ3n) is 1.98. The summed E-state index contributed by atoms with van der Waals surface area (Å²) in [6.07, 6.45) is -0.388. The second-order valence-corrected chi connectivity index (χ2v) is 2.93. The van der Waals surface area contributed by atoms with Crippen molar-refractivity contribution in [2.24, 2.45) is 0 Å². The number of hydrogen-bond donors (Lipinski definition) is 1. The van der Waals surface area contributed by atoms with Gasteiger partial charge < -0.3 is 9.84 Å². The highest BCUT2D eigenvalue weighted by Crippen LogP contribution is 2.30. The molecule has 71 valence electrons. The average Bonchev–Trinajstić information content (AvgIpc) is 2.17. The van der Waals surface area contributed by atoms with Gasteiger partial charge >= 0.3 is 5.97 Å². The third kappa shape index (κ3) is 1.35. The van der Waals surface area contributed by atoms with Gasteiger partial charge in [0.1, 0.15) is 5.75 Å². The Kier molecular flexibility index (Phi) is 1.96. The Labute approximate surface area is 80.1 Å². The molecule has 1 aliphatic heterocycles. The molecule has 0 bridgehead atoms. The van der Waals surface area contributed by atoms with Crippen LogP contribution in [0.25, 0.3) is 0 Å². The van der Waals surface area contributed by atoms with Crippen molar-refractivity contribution in [3.05, 3.63) is 35.9 Å². The fraction of sp³-hybridized carbons (Fsp3) is 0.100. The number of para-hydroxylation sites is 1. The number of carbonyl (C=O) groups is 2. The second kappa shape index (κ2) is 3.14. The summed E-state index contributed by atoms with van der Waals surface area (Å²) in [5.41, 5.74) is 0.442. The van der Waals surface area contributed by atoms with Crippen LogP contribution < -0.4 is 4.74 Å². The molecule has 1 aliphatic rings. The number of fused-ring (bicyclic) bond motifs is 1. The number of ether oxygens (including phenoxy) is 1. The maximum atomic E-state index is 11.4. The summed E-state index contributed by atoms with van der Waals surface area (Å²) in [5, 5.41) is 8.67. The standard InChI is InChI=1S/C10H7O4/c11-7-5-9(10(12)13)14-8-4-2-1-3-6(7)8/h1-4H,5H2,(H,12,13). The van der Waals surface area contributed by atoms with E-state index in [1.54, 1.807) is 24.3 Å². The van der Waals surface area contributed by atoms with Crippen molar-refractivity contribution in [3.8, 4) is 5.75 Å². The first kappa shape index (κ1) is 8.74. The predicted octanol–water partition coefficient (Wildman–Crippen LogP) is 1.27. The molecule has 0 atom stereocenters. The molecule has 2 rings (SSSR count). The van der Waals surface area contributed by atoms with Crippen molar-refractivity contribution in [1.82, 2.24) is 0 Å². The molecule has 14 heavy (non-hydrogen) atoms. The summed E-state index contributed by atoms with van der Waals surface area (Å²) in [5.74, 6) is -1.08. The van der Waals surface area contributed by atoms with Crippen LogP contribution in [0.5, 0.6) is 5.75 Å². The Hall–Kier alpha value is -1.84. The molecule has 0 saturated carbocycles. The van der Waals surface area contributed by atoms with E-state index in [0.717, 1.165) is 0 Å². The number of carboxylic acids is 1. The number of aliphatic carboxylic acids is 1. The molecule has 0 spiro atoms. The fourth-order valence-corrected chi connectivity index (χ4v) is 1.32. The van der Waals surface area contributed by atoms with Crippen molar-refractivity contribution in [2.45, 2.75) is 6.42 Å². The molecule has 0 amide bonds. The molecule has 0 aliphatic carbocycles. The van der Waals surface area contributed by atoms with Gasteiger partial charge in [0.2, 0.25) is 0 Å². The first-order valence-electron chi connectivity index (χ1n) is 4.07. The molecule has 1 aromatic carbocycles. The first-order valence-corrected chi connectivity index (χ1v) is 4.07. The number of carbonyl (C=O) groups excluding carboxylic acids is 1. The summed E-state index contributed by atoms with van der Waals surface area (Å²) < 4.78 is 5.06. The third-order valence-corrected chi connectivity index (χ3v) is 1.98. The minimum Gasteiger partial charge on any atom is -0.478 e. The predicted molar refractivity (Wildman–Crippen MR) is 46.9 cm³/mol. The van der Waals surface area contributed by atoms with Gasteiger partial charge in [0.05, 0.1) is 12.0 Å². The summed E-state index contributed by atoms with van der Waals surface area (Å²) in [7, 11) is 0. The fourth-order valence-electron chi connectivity index (χ4n) is 1.32. The van der Waals surface area contributed by atoms with Crippen LogP contribution in [-0.4, -0.2) is 16.9 Å². The largest absolute Gasteiger partial charge is 0.478 e. The van der Waals surface area contributed by atoms with Crippen molar-refractivity contribution >= 4 is 11.8 Å². The van der Waals surface area contributed by atoms with Gasteiger partial charge in [-0.2, -0.15) is 0 Å². The van der Waals surface area contributed by atoms with Crippen molar-refractivity contribution in [2.75, 3.05) is 0 Å². The van der Waals surface area contributed by atoms with Crippen molar-refractivity contribution < 1.29 is 19.4 Å². The molecular formula is C10H7O4. The van der Waals surface area contributed by atoms with Gasteiger partial charge in [0, 0.05) is 0 Å². The smallest absolute Gasteiger partial charge is 0.353 e. The number of Topliss-reactive ketones (excluding diaryl/α,β-unsaturated/α-hetero) is 1. The zero-order chi connectivity index (χ0) is 10.1. The van der Waals surface area contributed by atoms with Gasteiger partial charge in [0.15, 0.2) is 5.78 Å². The minimum atomic E-state index is -1.19. The molecule has 4 nitrogen and oxygen atoms in total. The normalized spacial score (nSPS) is 15.9. The highest BCUT2D eigenvalue weighted by molar-refractivity contribution is 6.04. The van der Waals surface area contributed by atoms with Crippen LogP contribution in [0.4, 0.5) is 0 Å². The topological polar surface area (TPSA) is 63.6 Å². The van der Waals surface area contributed by atoms with E-state index < -0.39 is 5.97 Å². The van der Waals surface area contributed by atoms with E-state index in [1.807, 2.05) is 0 Å². The summed E-state index contributed by atoms with van der Waals surface area (Å²) in [6.45, 7) is 0. The lowest BCUT2D eigenvalue weighted by Crippen LogP contribution is -2.26. The van der Waals surface area contributed by atoms with Crippen LogP contribution in [0, 0.1) is 6.10 Å². The van der Waals surface area contributed by atoms with Crippen molar-refractivity contribution in [1.29, 1.82) is 0 Å². The Balaban J connectivity index is 2.38. The summed E-state index contributed by atoms with van der Waals surface area (Å²) >= 11 is 0. The highest BCUT2D eigenvalue weighted by Gasteiger charge is 2.32. The van der Waals surface area contributed by atoms with Crippen LogP contribution in [0.2, 0.25) is 0 Å². The van der Waals surface area contributed by atoms with Crippen LogP contribution in [-0.2, 0) is 4.79 Å². The van der Waals surface area contributed by atoms with Crippen LogP contribution >= 0.6 is 0 Å². The van der Waals surface area contributed by atoms with Crippen LogP contribution in [0.1, 0.15) is 16.8 Å². The molecular weight excluding hydrogens is 184 g/mol. The van der Waals surface area contributed by atoms with Gasteiger partial charge in [-0.1, -0.05) is 12.1 Å². The van der Waals surface area contributed by atoms with E-state index in [-0.39, 0.29) is 18.3 Å². The molecule has 1 N–H and O–H groups in total. The van der Waals surface area contributed by atoms with Gasteiger partial charge in [-0.05, 0) is 12.1 Å². The van der Waals surface area contributed by atoms with Crippen LogP contribution in [0.15, 0.2) is 24.3 Å². The number of hydrogen-bond acceptors (Lipinski definition) is 3. The molecule has 1 heterocycles. The molecule has 0 aromatic heterocycles. The van der Waals surface area contributed by atoms with E-state index in [1.165, 1.54) is 0 Å². The van der Waals surface area contributed by atoms with Gasteiger partial charge in [-0.3, -0.25) is 4.79 Å². The number of carboxylic acid groups (broad SMARTS) is 1. The molecule has 0 fully saturated rings. The number of ketones is 1. The zero-order valence-electron chi connectivity index (χ0n) is 7.19. The van der Waals surface area contributed by atoms with Gasteiger partial charge in [0.25, 0.3) is 6.10 Å². The summed E-state index contributed by atoms with van der Waals surface area (Å²) in [4.78, 5) is 22.0. The van der Waals surface area contributed by atoms with E-state index in [9.17, 15) is 9.59 Å². The maximum Gasteiger partial charge on any atom is 0.353 e. The monoisotopic (exact) mass is 191 g/mol. The SMILES string of the molecule is O=C(O)[C]1CC(=O)c2ccccc2O1. The van der Waals surface area contributed by atoms with E-state index >= 15 is 0 Å². The van der Waals surface area contributed by atoms with E-state index in [2.05, 4.69) is 0 Å². The van der Waals surface area contributed by atoms with Crippen molar-refractivity contribution in [3.63, 3.8) is 0 Å². The molecule has 1 radical (unpaired) electrons. The Bertz CT molecular complexity index is 397. The quantitative estimate of drug-likeness (QED) is 0.725. The number of rotatable bonds is 1. The Morgan fingerprint density at radius 3 is 2.79 bits per heavy atom. The maximum absolute atomic E-state index is 11.4. The first-order chi connectivity index (χ1) is 6.68. The summed E-state index contributed by atoms with van der Waals surface area (Å²) in [6, 6.07) is 6.61.